The number of nitrogens with zero attached hydrogens (tertiary/aromatic N) is 2. The van der Waals surface area contributed by atoms with E-state index in [1.807, 2.05) is 0 Å². The van der Waals surface area contributed by atoms with Gasteiger partial charge >= 0.3 is 19.4 Å². The van der Waals surface area contributed by atoms with Crippen LogP contribution in [0.5, 0.6) is 5.75 Å². The Morgan fingerprint density at radius 1 is 1.39 bits per heavy atom. The maximum absolute atomic E-state index is 13.6. The van der Waals surface area contributed by atoms with Gasteiger partial charge in [0.15, 0.2) is 12.8 Å². The number of nitrogens with one attached hydrogen (secondary N) is 1. The number of carbonyl (C=O) groups is 1. The fourth-order valence-electron chi connectivity index (χ4n) is 3.46. The van der Waals surface area contributed by atoms with Crippen molar-refractivity contribution >= 4 is 13.7 Å². The minimum absolute atomic E-state index is 0.174. The quantitative estimate of drug-likeness (QED) is 0.232. The van der Waals surface area contributed by atoms with Crippen LogP contribution in [0.2, 0.25) is 0 Å². The first-order chi connectivity index (χ1) is 17.0. The molecule has 2 aromatic rings. The highest BCUT2D eigenvalue weighted by Gasteiger charge is 2.54. The zero-order valence-corrected chi connectivity index (χ0v) is 20.8. The van der Waals surface area contributed by atoms with Gasteiger partial charge in [0.05, 0.1) is 6.61 Å². The van der Waals surface area contributed by atoms with E-state index in [1.54, 1.807) is 31.2 Å². The van der Waals surface area contributed by atoms with Crippen molar-refractivity contribution in [3.8, 4) is 18.1 Å². The summed E-state index contributed by atoms with van der Waals surface area (Å²) in [5.74, 6) is 1.54. The predicted octanol–water partition coefficient (Wildman–Crippen LogP) is 0.919. The van der Waals surface area contributed by atoms with Crippen LogP contribution in [-0.4, -0.2) is 62.8 Å². The van der Waals surface area contributed by atoms with Crippen LogP contribution >= 0.6 is 7.75 Å². The Morgan fingerprint density at radius 2 is 2.08 bits per heavy atom. The van der Waals surface area contributed by atoms with Crippen LogP contribution < -0.4 is 15.3 Å². The number of carbonyl (C=O) groups excluding carboxylic acids is 1. The van der Waals surface area contributed by atoms with Gasteiger partial charge in [0.25, 0.3) is 0 Å². The van der Waals surface area contributed by atoms with Gasteiger partial charge in [-0.25, -0.2) is 9.36 Å². The molecule has 1 saturated heterocycles. The average Bonchev–Trinajstić information content (AvgIpc) is 3.05. The van der Waals surface area contributed by atoms with E-state index in [0.29, 0.717) is 5.69 Å². The third-order valence-corrected chi connectivity index (χ3v) is 7.00. The summed E-state index contributed by atoms with van der Waals surface area (Å²) in [4.78, 5) is 28.3. The summed E-state index contributed by atoms with van der Waals surface area (Å²) >= 11 is 0. The topological polar surface area (TPSA) is 158 Å². The number of esters is 1. The van der Waals surface area contributed by atoms with Crippen molar-refractivity contribution in [1.29, 1.82) is 0 Å². The van der Waals surface area contributed by atoms with Gasteiger partial charge in [0.2, 0.25) is 0 Å². The number of aliphatic hydroxyl groups is 2. The molecular formula is C23H28N3O9P. The van der Waals surface area contributed by atoms with Crippen molar-refractivity contribution in [3.63, 3.8) is 0 Å². The fourth-order valence-corrected chi connectivity index (χ4v) is 4.97. The minimum Gasteiger partial charge on any atom is -0.451 e. The Hall–Kier alpha value is -3.04. The number of para-hydroxylation sites is 1. The zero-order valence-electron chi connectivity index (χ0n) is 19.9. The number of aliphatic hydroxyl groups excluding tert-OH is 1. The van der Waals surface area contributed by atoms with E-state index in [4.69, 9.17) is 24.9 Å². The molecule has 1 aliphatic rings. The van der Waals surface area contributed by atoms with Crippen molar-refractivity contribution in [3.05, 3.63) is 58.8 Å². The van der Waals surface area contributed by atoms with E-state index in [-0.39, 0.29) is 12.4 Å². The number of terminal acetylenes is 1. The Kier molecular flexibility index (Phi) is 8.68. The lowest BCUT2D eigenvalue weighted by atomic mass is 9.96. The molecule has 0 saturated carbocycles. The SMILES string of the molecule is C#CCOC(=O)[C@H](C)N[P@](=O)(OC[C@H]1O[C@@H](n2ccc(C)nc2=O)[C@](C)(O)[C@@H]1O)Oc1ccccc1. The third kappa shape index (κ3) is 6.39. The number of aromatic nitrogens is 2. The van der Waals surface area contributed by atoms with E-state index < -0.39 is 56.1 Å². The lowest BCUT2D eigenvalue weighted by Gasteiger charge is -2.27. The van der Waals surface area contributed by atoms with Gasteiger partial charge in [-0.1, -0.05) is 24.1 Å². The molecule has 36 heavy (non-hydrogen) atoms. The van der Waals surface area contributed by atoms with Crippen molar-refractivity contribution in [2.75, 3.05) is 13.2 Å². The van der Waals surface area contributed by atoms with Crippen LogP contribution in [-0.2, 0) is 23.4 Å². The molecule has 3 rings (SSSR count). The normalized spacial score (nSPS) is 25.9. The van der Waals surface area contributed by atoms with E-state index in [1.165, 1.54) is 32.2 Å². The Labute approximate surface area is 207 Å². The predicted molar refractivity (Wildman–Crippen MR) is 127 cm³/mol. The molecule has 194 valence electrons. The second-order valence-corrected chi connectivity index (χ2v) is 10.0. The van der Waals surface area contributed by atoms with Gasteiger partial charge < -0.3 is 24.2 Å². The number of hydrogen-bond donors (Lipinski definition) is 3. The van der Waals surface area contributed by atoms with Gasteiger partial charge in [-0.05, 0) is 39.0 Å². The smallest absolute Gasteiger partial charge is 0.451 e. The number of hydrogen-bond acceptors (Lipinski definition) is 10. The number of aryl methyl sites for hydroxylation is 1. The van der Waals surface area contributed by atoms with Gasteiger partial charge in [-0.3, -0.25) is 13.9 Å². The van der Waals surface area contributed by atoms with Gasteiger partial charge in [0, 0.05) is 11.9 Å². The van der Waals surface area contributed by atoms with Crippen LogP contribution in [0.15, 0.2) is 47.4 Å². The number of ether oxygens (including phenoxy) is 2. The molecule has 1 aliphatic heterocycles. The molecule has 1 fully saturated rings. The average molecular weight is 521 g/mol. The molecule has 1 aromatic heterocycles. The van der Waals surface area contributed by atoms with Gasteiger partial charge in [0.1, 0.15) is 29.6 Å². The third-order valence-electron chi connectivity index (χ3n) is 5.36. The molecule has 0 spiro atoms. The van der Waals surface area contributed by atoms with E-state index >= 15 is 0 Å². The summed E-state index contributed by atoms with van der Waals surface area (Å²) in [5.41, 5.74) is -2.14. The second kappa shape index (κ2) is 11.3. The van der Waals surface area contributed by atoms with Crippen LogP contribution in [0.3, 0.4) is 0 Å². The summed E-state index contributed by atoms with van der Waals surface area (Å²) in [6.07, 6.45) is 2.40. The Bertz CT molecular complexity index is 1210. The van der Waals surface area contributed by atoms with E-state index in [2.05, 4.69) is 16.0 Å². The molecule has 13 heteroatoms. The van der Waals surface area contributed by atoms with Crippen molar-refractivity contribution in [1.82, 2.24) is 14.6 Å². The first-order valence-electron chi connectivity index (χ1n) is 11.0. The summed E-state index contributed by atoms with van der Waals surface area (Å²) in [6, 6.07) is 8.46. The molecule has 6 atom stereocenters. The van der Waals surface area contributed by atoms with E-state index in [0.717, 1.165) is 4.57 Å². The summed E-state index contributed by atoms with van der Waals surface area (Å²) in [7, 11) is -4.27. The Balaban J connectivity index is 1.79. The molecule has 0 bridgehead atoms. The maximum Gasteiger partial charge on any atom is 0.459 e. The standard InChI is InChI=1S/C23H28N3O9P/c1-5-13-32-20(28)16(3)25-36(31,35-17-9-7-6-8-10-17)33-14-18-19(27)23(4,30)21(34-18)26-12-11-15(2)24-22(26)29/h1,6-12,16,18-19,21,27,30H,13-14H2,2-4H3,(H,25,31)/t16-,18+,19+,21+,23+,36-/m0/s1. The van der Waals surface area contributed by atoms with Crippen LogP contribution in [0.1, 0.15) is 25.8 Å². The first kappa shape index (κ1) is 27.5. The van der Waals surface area contributed by atoms with Crippen LogP contribution in [0.25, 0.3) is 0 Å². The molecule has 3 N–H and O–H groups in total. The molecule has 2 heterocycles. The molecule has 0 aliphatic carbocycles. The maximum atomic E-state index is 13.6. The van der Waals surface area contributed by atoms with Gasteiger partial charge in [-0.15, -0.1) is 6.42 Å². The molecular weight excluding hydrogens is 493 g/mol. The molecule has 1 aromatic carbocycles. The van der Waals surface area contributed by atoms with Gasteiger partial charge in [-0.2, -0.15) is 10.1 Å². The second-order valence-electron chi connectivity index (χ2n) is 8.32. The van der Waals surface area contributed by atoms with Crippen molar-refractivity contribution in [2.45, 2.75) is 50.8 Å². The first-order valence-corrected chi connectivity index (χ1v) is 12.5. The summed E-state index contributed by atoms with van der Waals surface area (Å²) in [6.45, 7) is 3.48. The zero-order chi connectivity index (χ0) is 26.5. The fraction of sp³-hybridized carbons (Fsp3) is 0.435. The highest BCUT2D eigenvalue weighted by Crippen LogP contribution is 2.46. The summed E-state index contributed by atoms with van der Waals surface area (Å²) < 4.78 is 36.2. The van der Waals surface area contributed by atoms with Crippen molar-refractivity contribution < 1.29 is 38.1 Å². The highest BCUT2D eigenvalue weighted by atomic mass is 31.2. The number of rotatable bonds is 10. The largest absolute Gasteiger partial charge is 0.459 e. The Morgan fingerprint density at radius 3 is 2.72 bits per heavy atom. The van der Waals surface area contributed by atoms with Crippen LogP contribution in [0.4, 0.5) is 0 Å². The molecule has 0 amide bonds. The number of benzene rings is 1. The highest BCUT2D eigenvalue weighted by molar-refractivity contribution is 7.52. The summed E-state index contributed by atoms with van der Waals surface area (Å²) in [5, 5.41) is 24.1. The lowest BCUT2D eigenvalue weighted by molar-refractivity contribution is -0.143. The lowest BCUT2D eigenvalue weighted by Crippen LogP contribution is -2.46. The molecule has 0 radical (unpaired) electrons. The van der Waals surface area contributed by atoms with Crippen molar-refractivity contribution in [2.24, 2.45) is 0 Å². The molecule has 0 unspecified atom stereocenters. The molecule has 12 nitrogen and oxygen atoms in total. The van der Waals surface area contributed by atoms with E-state index in [9.17, 15) is 24.4 Å². The monoisotopic (exact) mass is 521 g/mol. The minimum atomic E-state index is -4.27. The van der Waals surface area contributed by atoms with Crippen LogP contribution in [0, 0.1) is 19.3 Å².